The van der Waals surface area contributed by atoms with Gasteiger partial charge in [-0.1, -0.05) is 20.8 Å². The Morgan fingerprint density at radius 1 is 1.20 bits per heavy atom. The smallest absolute Gasteiger partial charge is 0.380 e. The van der Waals surface area contributed by atoms with Gasteiger partial charge in [-0.15, -0.1) is 0 Å². The predicted octanol–water partition coefficient (Wildman–Crippen LogP) is 3.13. The Morgan fingerprint density at radius 2 is 1.73 bits per heavy atom. The van der Waals surface area contributed by atoms with E-state index in [0.29, 0.717) is 6.42 Å². The van der Waals surface area contributed by atoms with Crippen molar-refractivity contribution in [3.05, 3.63) is 0 Å². The van der Waals surface area contributed by atoms with Gasteiger partial charge in [0.25, 0.3) is 0 Å². The van der Waals surface area contributed by atoms with E-state index in [9.17, 15) is 18.3 Å². The number of halogens is 3. The average Bonchev–Trinajstić information content (AvgIpc) is 2.34. The molecular formula is C11H17F3O. The molecule has 88 valence electrons. The molecule has 4 heteroatoms. The van der Waals surface area contributed by atoms with Gasteiger partial charge in [-0.05, 0) is 30.6 Å². The van der Waals surface area contributed by atoms with Crippen molar-refractivity contribution in [2.45, 2.75) is 51.8 Å². The summed E-state index contributed by atoms with van der Waals surface area (Å²) in [5.74, 6) is -0.00544. The van der Waals surface area contributed by atoms with E-state index in [4.69, 9.17) is 0 Å². The van der Waals surface area contributed by atoms with Gasteiger partial charge >= 0.3 is 6.18 Å². The second-order valence-corrected chi connectivity index (χ2v) is 5.85. The highest BCUT2D eigenvalue weighted by Crippen LogP contribution is 2.72. The molecule has 3 atom stereocenters. The molecule has 15 heavy (non-hydrogen) atoms. The molecule has 0 spiro atoms. The van der Waals surface area contributed by atoms with E-state index in [1.165, 1.54) is 0 Å². The van der Waals surface area contributed by atoms with Gasteiger partial charge in [0.1, 0.15) is 0 Å². The summed E-state index contributed by atoms with van der Waals surface area (Å²) in [6.45, 7) is 5.30. The highest BCUT2D eigenvalue weighted by atomic mass is 19.4. The molecule has 0 radical (unpaired) electrons. The minimum atomic E-state index is -4.51. The third-order valence-electron chi connectivity index (χ3n) is 5.36. The van der Waals surface area contributed by atoms with Crippen LogP contribution < -0.4 is 0 Å². The van der Waals surface area contributed by atoms with Crippen LogP contribution in [0.4, 0.5) is 13.2 Å². The topological polar surface area (TPSA) is 20.2 Å². The Morgan fingerprint density at radius 3 is 1.93 bits per heavy atom. The number of fused-ring (bicyclic) bond motifs is 2. The van der Waals surface area contributed by atoms with Gasteiger partial charge in [0.05, 0.1) is 0 Å². The Kier molecular flexibility index (Phi) is 1.89. The summed E-state index contributed by atoms with van der Waals surface area (Å²) in [7, 11) is 0. The van der Waals surface area contributed by atoms with Crippen molar-refractivity contribution < 1.29 is 18.3 Å². The van der Waals surface area contributed by atoms with E-state index >= 15 is 0 Å². The summed E-state index contributed by atoms with van der Waals surface area (Å²) in [5, 5.41) is 9.99. The summed E-state index contributed by atoms with van der Waals surface area (Å²) < 4.78 is 38.8. The van der Waals surface area contributed by atoms with Crippen LogP contribution in [-0.2, 0) is 0 Å². The van der Waals surface area contributed by atoms with E-state index in [-0.39, 0.29) is 12.3 Å². The minimum absolute atomic E-state index is 0.00544. The van der Waals surface area contributed by atoms with Gasteiger partial charge in [-0.3, -0.25) is 0 Å². The molecule has 2 aliphatic rings. The molecule has 2 fully saturated rings. The van der Waals surface area contributed by atoms with E-state index < -0.39 is 22.6 Å². The molecule has 1 N–H and O–H groups in total. The van der Waals surface area contributed by atoms with E-state index in [1.807, 2.05) is 13.8 Å². The third kappa shape index (κ3) is 0.992. The van der Waals surface area contributed by atoms with Crippen molar-refractivity contribution in [1.82, 2.24) is 0 Å². The van der Waals surface area contributed by atoms with Crippen molar-refractivity contribution in [3.8, 4) is 0 Å². The zero-order valence-electron chi connectivity index (χ0n) is 9.28. The highest BCUT2D eigenvalue weighted by molar-refractivity contribution is 5.20. The summed E-state index contributed by atoms with van der Waals surface area (Å²) in [5.41, 5.74) is -3.92. The lowest BCUT2D eigenvalue weighted by atomic mass is 9.64. The predicted molar refractivity (Wildman–Crippen MR) is 50.2 cm³/mol. The Hall–Kier alpha value is -0.250. The molecule has 2 rings (SSSR count). The summed E-state index contributed by atoms with van der Waals surface area (Å²) in [6.07, 6.45) is -3.35. The van der Waals surface area contributed by atoms with Crippen molar-refractivity contribution >= 4 is 0 Å². The first kappa shape index (κ1) is 11.2. The summed E-state index contributed by atoms with van der Waals surface area (Å²) >= 11 is 0. The zero-order chi connectivity index (χ0) is 11.7. The molecule has 0 heterocycles. The van der Waals surface area contributed by atoms with Crippen LogP contribution in [-0.4, -0.2) is 16.9 Å². The van der Waals surface area contributed by atoms with Crippen LogP contribution in [0.5, 0.6) is 0 Å². The first-order valence-corrected chi connectivity index (χ1v) is 5.35. The Bertz CT molecular complexity index is 295. The molecular weight excluding hydrogens is 205 g/mol. The maximum Gasteiger partial charge on any atom is 0.417 e. The van der Waals surface area contributed by atoms with Crippen LogP contribution in [0.1, 0.15) is 40.0 Å². The fourth-order valence-corrected chi connectivity index (χ4v) is 3.70. The zero-order valence-corrected chi connectivity index (χ0v) is 9.28. The SMILES string of the molecule is CC1(C)[C@@H]2CC[C@@]1(C)[C@@](O)(C(F)(F)F)C2. The summed E-state index contributed by atoms with van der Waals surface area (Å²) in [6, 6.07) is 0. The lowest BCUT2D eigenvalue weighted by molar-refractivity contribution is -0.301. The second kappa shape index (κ2) is 2.53. The largest absolute Gasteiger partial charge is 0.417 e. The van der Waals surface area contributed by atoms with E-state index in [1.54, 1.807) is 6.92 Å². The van der Waals surface area contributed by atoms with Gasteiger partial charge in [-0.25, -0.2) is 0 Å². The second-order valence-electron chi connectivity index (χ2n) is 5.85. The Balaban J connectivity index is 2.50. The van der Waals surface area contributed by atoms with Gasteiger partial charge in [0.15, 0.2) is 5.60 Å². The Labute approximate surface area is 87.7 Å². The average molecular weight is 222 g/mol. The molecule has 2 bridgehead atoms. The number of hydrogen-bond acceptors (Lipinski definition) is 1. The molecule has 0 aromatic rings. The maximum absolute atomic E-state index is 12.9. The van der Waals surface area contributed by atoms with Gasteiger partial charge in [0.2, 0.25) is 0 Å². The molecule has 0 aliphatic heterocycles. The lowest BCUT2D eigenvalue weighted by Gasteiger charge is -2.45. The number of alkyl halides is 3. The van der Waals surface area contributed by atoms with Crippen LogP contribution in [0, 0.1) is 16.7 Å². The van der Waals surface area contributed by atoms with Gasteiger partial charge < -0.3 is 5.11 Å². The van der Waals surface area contributed by atoms with Crippen molar-refractivity contribution in [1.29, 1.82) is 0 Å². The minimum Gasteiger partial charge on any atom is -0.380 e. The quantitative estimate of drug-likeness (QED) is 0.667. The van der Waals surface area contributed by atoms with E-state index in [2.05, 4.69) is 0 Å². The molecule has 2 saturated carbocycles. The molecule has 0 amide bonds. The van der Waals surface area contributed by atoms with Gasteiger partial charge in [-0.2, -0.15) is 13.2 Å². The fourth-order valence-electron chi connectivity index (χ4n) is 3.70. The fraction of sp³-hybridized carbons (Fsp3) is 1.00. The molecule has 0 saturated heterocycles. The molecule has 1 nitrogen and oxygen atoms in total. The number of rotatable bonds is 0. The van der Waals surface area contributed by atoms with Crippen LogP contribution in [0.25, 0.3) is 0 Å². The van der Waals surface area contributed by atoms with Crippen molar-refractivity contribution in [2.24, 2.45) is 16.7 Å². The standard InChI is InChI=1S/C11H17F3O/c1-8(2)7-4-5-9(8,3)10(15,6-7)11(12,13)14/h7,15H,4-6H2,1-3H3/t7-,9-,10-/m1/s1. The van der Waals surface area contributed by atoms with Crippen LogP contribution in [0.2, 0.25) is 0 Å². The number of hydrogen-bond donors (Lipinski definition) is 1. The van der Waals surface area contributed by atoms with Crippen molar-refractivity contribution in [2.75, 3.05) is 0 Å². The van der Waals surface area contributed by atoms with E-state index in [0.717, 1.165) is 6.42 Å². The first-order chi connectivity index (χ1) is 6.56. The molecule has 2 aliphatic carbocycles. The maximum atomic E-state index is 12.9. The lowest BCUT2D eigenvalue weighted by Crippen LogP contribution is -2.57. The van der Waals surface area contributed by atoms with Crippen LogP contribution >= 0.6 is 0 Å². The summed E-state index contributed by atoms with van der Waals surface area (Å²) in [4.78, 5) is 0. The molecule has 0 unspecified atom stereocenters. The van der Waals surface area contributed by atoms with Crippen LogP contribution in [0.15, 0.2) is 0 Å². The first-order valence-electron chi connectivity index (χ1n) is 5.35. The third-order valence-corrected chi connectivity index (χ3v) is 5.36. The number of aliphatic hydroxyl groups is 1. The highest BCUT2D eigenvalue weighted by Gasteiger charge is 2.76. The van der Waals surface area contributed by atoms with Crippen LogP contribution in [0.3, 0.4) is 0 Å². The molecule has 0 aromatic carbocycles. The monoisotopic (exact) mass is 222 g/mol. The van der Waals surface area contributed by atoms with Gasteiger partial charge in [0, 0.05) is 5.41 Å². The normalized spacial score (nSPS) is 48.6. The van der Waals surface area contributed by atoms with Crippen molar-refractivity contribution in [3.63, 3.8) is 0 Å². The molecule has 0 aromatic heterocycles.